The van der Waals surface area contributed by atoms with E-state index in [1.165, 1.54) is 16.7 Å². The van der Waals surface area contributed by atoms with Crippen molar-refractivity contribution in [3.05, 3.63) is 99.8 Å². The minimum atomic E-state index is -0.247. The molecule has 3 aromatic rings. The average molecular weight is 544 g/mol. The van der Waals surface area contributed by atoms with Crippen LogP contribution in [0.4, 0.5) is 4.79 Å². The smallest absolute Gasteiger partial charge is 0.410 e. The number of pyridine rings is 1. The van der Waals surface area contributed by atoms with Gasteiger partial charge >= 0.3 is 6.09 Å². The number of carbonyl (C=O) groups is 1. The van der Waals surface area contributed by atoms with Crippen LogP contribution in [0.5, 0.6) is 0 Å². The summed E-state index contributed by atoms with van der Waals surface area (Å²) in [5, 5.41) is 4.22. The van der Waals surface area contributed by atoms with Crippen molar-refractivity contribution in [2.45, 2.75) is 12.6 Å². The minimum absolute atomic E-state index is 0.0838. The predicted octanol–water partition coefficient (Wildman–Crippen LogP) is 4.54. The molecule has 1 atom stereocenters. The number of hydrogen-bond donors (Lipinski definition) is 1. The molecule has 7 nitrogen and oxygen atoms in total. The molecule has 3 heterocycles. The second kappa shape index (κ2) is 11.9. The second-order valence-electron chi connectivity index (χ2n) is 10.4. The van der Waals surface area contributed by atoms with Crippen LogP contribution in [0.25, 0.3) is 11.6 Å². The Morgan fingerprint density at radius 3 is 2.56 bits per heavy atom. The fraction of sp³-hybridized carbons (Fsp3) is 0.355. The fourth-order valence-corrected chi connectivity index (χ4v) is 5.99. The van der Waals surface area contributed by atoms with E-state index in [9.17, 15) is 4.79 Å². The zero-order valence-electron chi connectivity index (χ0n) is 22.1. The summed E-state index contributed by atoms with van der Waals surface area (Å²) in [6.07, 6.45) is 3.95. The van der Waals surface area contributed by atoms with Crippen molar-refractivity contribution in [2.24, 2.45) is 0 Å². The Kier molecular flexibility index (Phi) is 7.93. The van der Waals surface area contributed by atoms with Crippen LogP contribution in [0.3, 0.4) is 0 Å². The highest BCUT2D eigenvalue weighted by Gasteiger charge is 2.32. The van der Waals surface area contributed by atoms with Gasteiger partial charge in [0.1, 0.15) is 6.61 Å². The van der Waals surface area contributed by atoms with Crippen molar-refractivity contribution in [3.8, 4) is 0 Å². The Morgan fingerprint density at radius 1 is 0.974 bits per heavy atom. The number of aromatic nitrogens is 1. The highest BCUT2D eigenvalue weighted by molar-refractivity contribution is 6.30. The van der Waals surface area contributed by atoms with E-state index in [1.54, 1.807) is 0 Å². The predicted molar refractivity (Wildman–Crippen MR) is 154 cm³/mol. The summed E-state index contributed by atoms with van der Waals surface area (Å²) in [5.41, 5.74) is 6.94. The third-order valence-corrected chi connectivity index (χ3v) is 8.10. The number of benzene rings is 2. The number of fused-ring (bicyclic) bond motifs is 2. The SMILES string of the molecule is O=C(OCc1ccccc1)N1CCN(CC2=Cc3cccnc3C(N3CCNCC3)c3ccc(Cl)cc32)CC1. The summed E-state index contributed by atoms with van der Waals surface area (Å²) in [6, 6.07) is 20.4. The number of hydrogen-bond acceptors (Lipinski definition) is 6. The molecule has 0 spiro atoms. The van der Waals surface area contributed by atoms with Gasteiger partial charge in [-0.2, -0.15) is 0 Å². The van der Waals surface area contributed by atoms with Gasteiger partial charge in [0.25, 0.3) is 0 Å². The number of nitrogens with one attached hydrogen (secondary N) is 1. The average Bonchev–Trinajstić information content (AvgIpc) is 3.11. The standard InChI is InChI=1S/C31H34ClN5O2/c32-26-8-9-27-28(20-26)25(19-24-7-4-10-34-29(24)30(27)36-13-11-33-12-14-36)21-35-15-17-37(18-16-35)31(38)39-22-23-5-2-1-3-6-23/h1-10,19-20,30,33H,11-18,21-22H2. The molecule has 1 aliphatic carbocycles. The van der Waals surface area contributed by atoms with Crippen LogP contribution < -0.4 is 5.32 Å². The first kappa shape index (κ1) is 26.0. The van der Waals surface area contributed by atoms with Gasteiger partial charge in [0.05, 0.1) is 11.7 Å². The monoisotopic (exact) mass is 543 g/mol. The Labute approximate surface area is 235 Å². The highest BCUT2D eigenvalue weighted by Crippen LogP contribution is 2.40. The molecule has 2 fully saturated rings. The van der Waals surface area contributed by atoms with E-state index in [1.807, 2.05) is 53.6 Å². The van der Waals surface area contributed by atoms with Crippen molar-refractivity contribution in [3.63, 3.8) is 0 Å². The summed E-state index contributed by atoms with van der Waals surface area (Å²) < 4.78 is 5.56. The van der Waals surface area contributed by atoms with Gasteiger partial charge in [-0.25, -0.2) is 4.79 Å². The summed E-state index contributed by atoms with van der Waals surface area (Å²) in [4.78, 5) is 24.3. The third-order valence-electron chi connectivity index (χ3n) is 7.86. The number of carbonyl (C=O) groups excluding carboxylic acids is 1. The molecule has 2 saturated heterocycles. The Hall–Kier alpha value is -3.23. The van der Waals surface area contributed by atoms with Gasteiger partial charge in [-0.15, -0.1) is 0 Å². The minimum Gasteiger partial charge on any atom is -0.445 e. The van der Waals surface area contributed by atoms with E-state index < -0.39 is 0 Å². The number of nitrogens with zero attached hydrogens (tertiary/aromatic N) is 4. The normalized spacial score (nSPS) is 20.0. The van der Waals surface area contributed by atoms with E-state index in [-0.39, 0.29) is 12.1 Å². The first-order valence-electron chi connectivity index (χ1n) is 13.7. The topological polar surface area (TPSA) is 60.9 Å². The lowest BCUT2D eigenvalue weighted by atomic mass is 9.93. The van der Waals surface area contributed by atoms with Gasteiger partial charge in [-0.1, -0.05) is 54.1 Å². The van der Waals surface area contributed by atoms with E-state index in [4.69, 9.17) is 21.3 Å². The van der Waals surface area contributed by atoms with Gasteiger partial charge in [-0.05, 0) is 52.1 Å². The lowest BCUT2D eigenvalue weighted by Gasteiger charge is -2.36. The Morgan fingerprint density at radius 2 is 1.77 bits per heavy atom. The van der Waals surface area contributed by atoms with E-state index >= 15 is 0 Å². The van der Waals surface area contributed by atoms with E-state index in [2.05, 4.69) is 39.4 Å². The van der Waals surface area contributed by atoms with Crippen LogP contribution in [-0.2, 0) is 11.3 Å². The zero-order chi connectivity index (χ0) is 26.6. The number of ether oxygens (including phenoxy) is 1. The molecule has 6 rings (SSSR count). The van der Waals surface area contributed by atoms with Gasteiger partial charge in [0, 0.05) is 70.1 Å². The molecule has 0 saturated carbocycles. The number of halogens is 1. The van der Waals surface area contributed by atoms with Crippen LogP contribution >= 0.6 is 11.6 Å². The van der Waals surface area contributed by atoms with E-state index in [0.717, 1.165) is 67.7 Å². The molecule has 202 valence electrons. The molecule has 0 bridgehead atoms. The highest BCUT2D eigenvalue weighted by atomic mass is 35.5. The first-order chi connectivity index (χ1) is 19.2. The number of piperazine rings is 2. The van der Waals surface area contributed by atoms with Gasteiger partial charge in [-0.3, -0.25) is 14.8 Å². The van der Waals surface area contributed by atoms with Crippen molar-refractivity contribution in [2.75, 3.05) is 58.9 Å². The molecule has 39 heavy (non-hydrogen) atoms. The maximum Gasteiger partial charge on any atom is 0.410 e. The third kappa shape index (κ3) is 5.87. The largest absolute Gasteiger partial charge is 0.445 e. The lowest BCUT2D eigenvalue weighted by molar-refractivity contribution is 0.0746. The molecule has 1 amide bonds. The van der Waals surface area contributed by atoms with Crippen LogP contribution in [0.1, 0.15) is 34.0 Å². The molecule has 8 heteroatoms. The second-order valence-corrected chi connectivity index (χ2v) is 10.8. The molecule has 1 N–H and O–H groups in total. The quantitative estimate of drug-likeness (QED) is 0.510. The van der Waals surface area contributed by atoms with Crippen molar-refractivity contribution in [1.82, 2.24) is 25.0 Å². The summed E-state index contributed by atoms with van der Waals surface area (Å²) >= 11 is 6.57. The molecule has 3 aliphatic rings. The van der Waals surface area contributed by atoms with Crippen molar-refractivity contribution >= 4 is 29.3 Å². The van der Waals surface area contributed by atoms with Crippen LogP contribution in [0.2, 0.25) is 5.02 Å². The lowest BCUT2D eigenvalue weighted by Crippen LogP contribution is -2.49. The number of amides is 1. The van der Waals surface area contributed by atoms with Gasteiger partial charge in [0.15, 0.2) is 0 Å². The Bertz CT molecular complexity index is 1330. The summed E-state index contributed by atoms with van der Waals surface area (Å²) in [7, 11) is 0. The van der Waals surface area contributed by atoms with Crippen LogP contribution in [0, 0.1) is 0 Å². The van der Waals surface area contributed by atoms with Gasteiger partial charge < -0.3 is 15.0 Å². The van der Waals surface area contributed by atoms with E-state index in [0.29, 0.717) is 19.7 Å². The first-order valence-corrected chi connectivity index (χ1v) is 14.1. The number of rotatable bonds is 5. The van der Waals surface area contributed by atoms with Crippen molar-refractivity contribution in [1.29, 1.82) is 0 Å². The van der Waals surface area contributed by atoms with Crippen molar-refractivity contribution < 1.29 is 9.53 Å². The van der Waals surface area contributed by atoms with Crippen LogP contribution in [-0.4, -0.2) is 84.7 Å². The molecule has 2 aromatic carbocycles. The maximum absolute atomic E-state index is 12.7. The maximum atomic E-state index is 12.7. The molecular formula is C31H34ClN5O2. The van der Waals surface area contributed by atoms with Crippen LogP contribution in [0.15, 0.2) is 66.9 Å². The molecule has 1 unspecified atom stereocenters. The molecule has 2 aliphatic heterocycles. The molecular weight excluding hydrogens is 510 g/mol. The molecule has 0 radical (unpaired) electrons. The fourth-order valence-electron chi connectivity index (χ4n) is 5.82. The summed E-state index contributed by atoms with van der Waals surface area (Å²) in [6.45, 7) is 7.83. The molecule has 1 aromatic heterocycles. The van der Waals surface area contributed by atoms with Gasteiger partial charge in [0.2, 0.25) is 0 Å². The zero-order valence-corrected chi connectivity index (χ0v) is 22.8. The summed E-state index contributed by atoms with van der Waals surface area (Å²) in [5.74, 6) is 0. The Balaban J connectivity index is 1.19.